The molecule has 1 N–H and O–H groups in total. The SMILES string of the molecule is CCOC(O)=CC(=O)c1ccccc1.[Tl]. The molecule has 0 fully saturated rings. The van der Waals surface area contributed by atoms with Crippen LogP contribution >= 0.6 is 0 Å². The Kier molecular flexibility index (Phi) is 7.02. The number of hydrogen-bond acceptors (Lipinski definition) is 3. The monoisotopic (exact) mass is 397 g/mol. The Morgan fingerprint density at radius 1 is 1.40 bits per heavy atom. The molecule has 0 heterocycles. The van der Waals surface area contributed by atoms with Gasteiger partial charge in [-0.2, -0.15) is 0 Å². The average Bonchev–Trinajstić information content (AvgIpc) is 2.19. The van der Waals surface area contributed by atoms with Crippen molar-refractivity contribution < 1.29 is 14.6 Å². The van der Waals surface area contributed by atoms with E-state index in [0.717, 1.165) is 6.08 Å². The van der Waals surface area contributed by atoms with Crippen LogP contribution in [-0.4, -0.2) is 44.8 Å². The van der Waals surface area contributed by atoms with Crippen LogP contribution in [0.3, 0.4) is 0 Å². The van der Waals surface area contributed by atoms with Crippen LogP contribution in [0.1, 0.15) is 17.3 Å². The zero-order chi connectivity index (χ0) is 10.4. The molecule has 3 nitrogen and oxygen atoms in total. The van der Waals surface area contributed by atoms with Gasteiger partial charge in [0, 0.05) is 32.9 Å². The first-order valence-electron chi connectivity index (χ1n) is 4.37. The van der Waals surface area contributed by atoms with Crippen LogP contribution in [0, 0.1) is 0 Å². The topological polar surface area (TPSA) is 46.5 Å². The van der Waals surface area contributed by atoms with Gasteiger partial charge < -0.3 is 9.84 Å². The maximum Gasteiger partial charge on any atom is 0.280 e. The van der Waals surface area contributed by atoms with Gasteiger partial charge in [-0.25, -0.2) is 0 Å². The largest absolute Gasteiger partial charge is 0.481 e. The molecule has 15 heavy (non-hydrogen) atoms. The summed E-state index contributed by atoms with van der Waals surface area (Å²) in [4.78, 5) is 11.4. The summed E-state index contributed by atoms with van der Waals surface area (Å²) in [5.41, 5.74) is 0.527. The number of ketones is 1. The van der Waals surface area contributed by atoms with Gasteiger partial charge in [-0.3, -0.25) is 4.79 Å². The molecule has 0 bridgehead atoms. The molecule has 1 rings (SSSR count). The van der Waals surface area contributed by atoms with E-state index in [9.17, 15) is 4.79 Å². The zero-order valence-corrected chi connectivity index (χ0v) is 13.0. The van der Waals surface area contributed by atoms with Crippen LogP contribution in [0.5, 0.6) is 0 Å². The minimum atomic E-state index is -0.346. The summed E-state index contributed by atoms with van der Waals surface area (Å²) < 4.78 is 4.73. The van der Waals surface area contributed by atoms with E-state index < -0.39 is 0 Å². The Morgan fingerprint density at radius 2 is 2.00 bits per heavy atom. The second-order valence-corrected chi connectivity index (χ2v) is 2.65. The Labute approximate surface area is 109 Å². The molecule has 1 aromatic carbocycles. The number of allylic oxidation sites excluding steroid dienone is 1. The summed E-state index contributed by atoms with van der Waals surface area (Å²) in [6.07, 6.45) is 1.07. The number of aliphatic hydroxyl groups excluding tert-OH is 1. The summed E-state index contributed by atoms with van der Waals surface area (Å²) in [5, 5.41) is 9.10. The van der Waals surface area contributed by atoms with Gasteiger partial charge in [-0.1, -0.05) is 30.3 Å². The third-order valence-electron chi connectivity index (χ3n) is 1.61. The normalized spacial score (nSPS) is 10.3. The van der Waals surface area contributed by atoms with Crippen molar-refractivity contribution in [3.8, 4) is 0 Å². The van der Waals surface area contributed by atoms with Gasteiger partial charge >= 0.3 is 0 Å². The van der Waals surface area contributed by atoms with E-state index in [1.165, 1.54) is 0 Å². The van der Waals surface area contributed by atoms with E-state index >= 15 is 0 Å². The van der Waals surface area contributed by atoms with Crippen LogP contribution < -0.4 is 0 Å². The molecular formula is C11H12O3Tl. The van der Waals surface area contributed by atoms with Gasteiger partial charge in [-0.15, -0.1) is 0 Å². The van der Waals surface area contributed by atoms with Crippen molar-refractivity contribution in [2.75, 3.05) is 6.61 Å². The van der Waals surface area contributed by atoms with Gasteiger partial charge in [0.25, 0.3) is 5.95 Å². The predicted octanol–water partition coefficient (Wildman–Crippen LogP) is 1.92. The zero-order valence-electron chi connectivity index (χ0n) is 8.51. The maximum atomic E-state index is 11.4. The molecule has 0 aliphatic rings. The summed E-state index contributed by atoms with van der Waals surface area (Å²) in [6.45, 7) is 2.07. The molecule has 0 amide bonds. The standard InChI is InChI=1S/C11H12O3.Tl/c1-2-14-11(13)8-10(12)9-6-4-3-5-7-9;/h3-8,13H,2H2,1H3;. The van der Waals surface area contributed by atoms with E-state index in [4.69, 9.17) is 9.84 Å². The minimum Gasteiger partial charge on any atom is -0.481 e. The van der Waals surface area contributed by atoms with E-state index in [1.807, 2.05) is 6.07 Å². The van der Waals surface area contributed by atoms with Crippen LogP contribution in [0.2, 0.25) is 0 Å². The third-order valence-corrected chi connectivity index (χ3v) is 1.61. The van der Waals surface area contributed by atoms with Crippen LogP contribution in [0.15, 0.2) is 42.4 Å². The summed E-state index contributed by atoms with van der Waals surface area (Å²) in [6, 6.07) is 8.70. The number of ether oxygens (including phenoxy) is 1. The Morgan fingerprint density at radius 3 is 2.53 bits per heavy atom. The number of carbonyl (C=O) groups excluding carboxylic acids is 1. The molecule has 77 valence electrons. The molecule has 0 aliphatic carbocycles. The van der Waals surface area contributed by atoms with Crippen LogP contribution in [0.25, 0.3) is 0 Å². The number of carbonyl (C=O) groups is 1. The number of benzene rings is 1. The fourth-order valence-corrected chi connectivity index (χ4v) is 0.987. The molecule has 0 atom stereocenters. The molecule has 0 spiro atoms. The first-order chi connectivity index (χ1) is 6.74. The average molecular weight is 397 g/mol. The van der Waals surface area contributed by atoms with Crippen LogP contribution in [0.4, 0.5) is 0 Å². The molecular weight excluding hydrogens is 385 g/mol. The second-order valence-electron chi connectivity index (χ2n) is 2.65. The van der Waals surface area contributed by atoms with Crippen molar-refractivity contribution in [3.63, 3.8) is 0 Å². The molecule has 1 radical (unpaired) electrons. The maximum absolute atomic E-state index is 11.4. The fraction of sp³-hybridized carbons (Fsp3) is 0.182. The summed E-state index contributed by atoms with van der Waals surface area (Å²) in [7, 11) is 0. The third kappa shape index (κ3) is 4.96. The number of aliphatic hydroxyl groups is 1. The summed E-state index contributed by atoms with van der Waals surface area (Å²) >= 11 is 0. The Hall–Kier alpha value is -0.848. The second kappa shape index (κ2) is 7.44. The summed E-state index contributed by atoms with van der Waals surface area (Å²) in [5.74, 6) is -0.613. The van der Waals surface area contributed by atoms with E-state index in [-0.39, 0.29) is 39.0 Å². The molecule has 0 unspecified atom stereocenters. The Bertz CT molecular complexity index is 333. The molecule has 0 saturated heterocycles. The van der Waals surface area contributed by atoms with Crippen molar-refractivity contribution >= 4 is 33.1 Å². The van der Waals surface area contributed by atoms with Gasteiger partial charge in [0.15, 0.2) is 5.78 Å². The number of hydrogen-bond donors (Lipinski definition) is 1. The molecule has 0 aromatic heterocycles. The van der Waals surface area contributed by atoms with Gasteiger partial charge in [0.1, 0.15) is 0 Å². The predicted molar refractivity (Wildman–Crippen MR) is 58.9 cm³/mol. The first kappa shape index (κ1) is 14.2. The van der Waals surface area contributed by atoms with Crippen molar-refractivity contribution in [2.24, 2.45) is 0 Å². The quantitative estimate of drug-likeness (QED) is 0.366. The van der Waals surface area contributed by atoms with E-state index in [0.29, 0.717) is 12.2 Å². The molecule has 4 heteroatoms. The minimum absolute atomic E-state index is 0. The van der Waals surface area contributed by atoms with Gasteiger partial charge in [0.2, 0.25) is 0 Å². The van der Waals surface area contributed by atoms with Crippen molar-refractivity contribution in [1.82, 2.24) is 0 Å². The fourth-order valence-electron chi connectivity index (χ4n) is 0.987. The van der Waals surface area contributed by atoms with E-state index in [2.05, 4.69) is 0 Å². The molecule has 0 aliphatic heterocycles. The van der Waals surface area contributed by atoms with E-state index in [1.54, 1.807) is 31.2 Å². The van der Waals surface area contributed by atoms with Crippen molar-refractivity contribution in [3.05, 3.63) is 47.9 Å². The van der Waals surface area contributed by atoms with Gasteiger partial charge in [-0.05, 0) is 6.92 Å². The first-order valence-corrected chi connectivity index (χ1v) is 4.37. The molecule has 1 aromatic rings. The van der Waals surface area contributed by atoms with Gasteiger partial charge in [0.05, 0.1) is 12.7 Å². The number of rotatable bonds is 4. The Balaban J connectivity index is 0.00000196. The van der Waals surface area contributed by atoms with Crippen LogP contribution in [-0.2, 0) is 4.74 Å². The van der Waals surface area contributed by atoms with Crippen molar-refractivity contribution in [1.29, 1.82) is 0 Å². The molecule has 0 saturated carbocycles. The van der Waals surface area contributed by atoms with Crippen molar-refractivity contribution in [2.45, 2.75) is 6.92 Å². The smallest absolute Gasteiger partial charge is 0.280 e.